The first-order chi connectivity index (χ1) is 1.73. The predicted octanol–water partition coefficient (Wildman–Crippen LogP) is 0.146. The molecule has 0 rings (SSSR count). The summed E-state index contributed by atoms with van der Waals surface area (Å²) in [4.78, 5) is 9.00. The molecule has 1 N–H and O–H groups in total. The molecule has 0 aliphatic rings. The molecule has 1 unspecified atom stereocenters. The van der Waals surface area contributed by atoms with Crippen molar-refractivity contribution in [2.45, 2.75) is 6.92 Å². The third-order valence-corrected chi connectivity index (χ3v) is 0. The van der Waals surface area contributed by atoms with Crippen LogP contribution in [0.5, 0.6) is 0 Å². The Labute approximate surface area is 52.7 Å². The number of carboxylic acid groups (broad SMARTS) is 1. The first-order valence-corrected chi connectivity index (χ1v) is 0.928. The van der Waals surface area contributed by atoms with Crippen LogP contribution in [-0.4, -0.2) is 11.1 Å². The van der Waals surface area contributed by atoms with Gasteiger partial charge < -0.3 is 5.11 Å². The number of hydrogen-bond donors (Lipinski definition) is 1. The van der Waals surface area contributed by atoms with E-state index in [1.807, 2.05) is 0 Å². The van der Waals surface area contributed by atoms with Gasteiger partial charge in [-0.05, 0) is 0 Å². The van der Waals surface area contributed by atoms with E-state index in [-0.39, 0.29) is 29.4 Å². The van der Waals surface area contributed by atoms with E-state index in [1.54, 1.807) is 0 Å². The van der Waals surface area contributed by atoms with Gasteiger partial charge in [0.15, 0.2) is 0 Å². The fourth-order valence-electron chi connectivity index (χ4n) is 0. The zero-order valence-corrected chi connectivity index (χ0v) is 6.57. The number of hydrogen-bond acceptors (Lipinski definition) is 1. The van der Waals surface area contributed by atoms with Gasteiger partial charge in [-0.25, -0.2) is 0 Å². The van der Waals surface area contributed by atoms with Crippen LogP contribution in [0.15, 0.2) is 0 Å². The number of aliphatic carboxylic acids is 1. The second-order valence-electron chi connectivity index (χ2n) is 0.519. The summed E-state index contributed by atoms with van der Waals surface area (Å²) < 4.78 is 0. The van der Waals surface area contributed by atoms with E-state index in [2.05, 4.69) is 0 Å². The number of carbonyl (C=O) groups is 1. The molecule has 0 aromatic heterocycles. The average molecular weight is 195 g/mol. The molecule has 0 amide bonds. The molecule has 1 atom stereocenters. The smallest absolute Gasteiger partial charge is 0.300 e. The number of carboxylic acids is 1. The Morgan fingerprint density at radius 2 is 1.67 bits per heavy atom. The summed E-state index contributed by atoms with van der Waals surface area (Å²) in [7, 11) is 0. The van der Waals surface area contributed by atoms with Crippen LogP contribution >= 0.6 is 9.90 Å². The number of rotatable bonds is 0. The minimum Gasteiger partial charge on any atom is -0.481 e. The van der Waals surface area contributed by atoms with Crippen molar-refractivity contribution in [2.75, 3.05) is 0 Å². The maximum Gasteiger partial charge on any atom is 0.300 e. The summed E-state index contributed by atoms with van der Waals surface area (Å²) in [5, 5.41) is 7.42. The predicted molar refractivity (Wildman–Crippen MR) is 24.4 cm³/mol. The van der Waals surface area contributed by atoms with Gasteiger partial charge in [0.25, 0.3) is 5.97 Å². The van der Waals surface area contributed by atoms with Crippen molar-refractivity contribution in [3.63, 3.8) is 0 Å². The van der Waals surface area contributed by atoms with Gasteiger partial charge in [0, 0.05) is 26.4 Å². The molecule has 0 aliphatic carbocycles. The zero-order valence-electron chi connectivity index (χ0n) is 3.42. The summed E-state index contributed by atoms with van der Waals surface area (Å²) in [6, 6.07) is 0. The molecule has 0 heterocycles. The van der Waals surface area contributed by atoms with Gasteiger partial charge in [-0.2, -0.15) is 9.90 Å². The Morgan fingerprint density at radius 3 is 1.67 bits per heavy atom. The molecule has 0 spiro atoms. The van der Waals surface area contributed by atoms with Gasteiger partial charge in [0.05, 0.1) is 0 Å². The standard InChI is InChI=1S/C2H4O2.H3P.Ru/c1-2(3)4;;/h1H3,(H,3,4);1H3;. The van der Waals surface area contributed by atoms with Crippen molar-refractivity contribution in [1.82, 2.24) is 0 Å². The molecule has 2 nitrogen and oxygen atoms in total. The van der Waals surface area contributed by atoms with Gasteiger partial charge in [-0.3, -0.25) is 4.79 Å². The zero-order chi connectivity index (χ0) is 3.58. The SMILES string of the molecule is CC(=O)O.P.[Ru]. The van der Waals surface area contributed by atoms with Crippen LogP contribution in [0.1, 0.15) is 6.92 Å². The molecule has 0 aliphatic heterocycles. The molecule has 4 heteroatoms. The van der Waals surface area contributed by atoms with Gasteiger partial charge in [-0.1, -0.05) is 0 Å². The summed E-state index contributed by atoms with van der Waals surface area (Å²) in [6.07, 6.45) is 0. The van der Waals surface area contributed by atoms with Crippen molar-refractivity contribution in [3.05, 3.63) is 0 Å². The second kappa shape index (κ2) is 9.10. The van der Waals surface area contributed by atoms with Crippen LogP contribution < -0.4 is 0 Å². The van der Waals surface area contributed by atoms with Crippen LogP contribution in [0.25, 0.3) is 0 Å². The molecule has 0 bridgehead atoms. The second-order valence-corrected chi connectivity index (χ2v) is 0.519. The quantitative estimate of drug-likeness (QED) is 0.441. The topological polar surface area (TPSA) is 37.3 Å². The van der Waals surface area contributed by atoms with E-state index in [0.29, 0.717) is 0 Å². The van der Waals surface area contributed by atoms with Gasteiger partial charge in [-0.15, -0.1) is 0 Å². The Bertz CT molecular complexity index is 34.5. The van der Waals surface area contributed by atoms with Crippen molar-refractivity contribution in [2.24, 2.45) is 0 Å². The molecule has 0 fully saturated rings. The normalized spacial score (nSPS) is 4.17. The largest absolute Gasteiger partial charge is 0.481 e. The summed E-state index contributed by atoms with van der Waals surface area (Å²) in [5.74, 6) is -0.833. The van der Waals surface area contributed by atoms with E-state index in [4.69, 9.17) is 9.90 Å². The van der Waals surface area contributed by atoms with Crippen LogP contribution in [-0.2, 0) is 24.3 Å². The minimum atomic E-state index is -0.833. The van der Waals surface area contributed by atoms with E-state index in [1.165, 1.54) is 0 Å². The third kappa shape index (κ3) is 205. The van der Waals surface area contributed by atoms with E-state index in [9.17, 15) is 0 Å². The Kier molecular flexibility index (Phi) is 24.3. The van der Waals surface area contributed by atoms with E-state index < -0.39 is 5.97 Å². The molecule has 0 radical (unpaired) electrons. The Morgan fingerprint density at radius 1 is 1.67 bits per heavy atom. The third-order valence-electron chi connectivity index (χ3n) is 0. The van der Waals surface area contributed by atoms with Crippen molar-refractivity contribution >= 4 is 15.9 Å². The monoisotopic (exact) mass is 196 g/mol. The maximum absolute atomic E-state index is 9.00. The summed E-state index contributed by atoms with van der Waals surface area (Å²) >= 11 is 0. The first kappa shape index (κ1) is 16.0. The van der Waals surface area contributed by atoms with Crippen LogP contribution in [0.4, 0.5) is 0 Å². The Balaban J connectivity index is -0.0000000450. The minimum absolute atomic E-state index is 0. The van der Waals surface area contributed by atoms with Gasteiger partial charge in [0.1, 0.15) is 0 Å². The van der Waals surface area contributed by atoms with Crippen molar-refractivity contribution in [3.8, 4) is 0 Å². The van der Waals surface area contributed by atoms with Crippen LogP contribution in [0.2, 0.25) is 0 Å². The molecule has 0 aromatic carbocycles. The van der Waals surface area contributed by atoms with Crippen LogP contribution in [0.3, 0.4) is 0 Å². The summed E-state index contributed by atoms with van der Waals surface area (Å²) in [5.41, 5.74) is 0. The fourth-order valence-corrected chi connectivity index (χ4v) is 0. The molecule has 0 saturated carbocycles. The first-order valence-electron chi connectivity index (χ1n) is 0.928. The molecule has 40 valence electrons. The van der Waals surface area contributed by atoms with Gasteiger partial charge >= 0.3 is 0 Å². The van der Waals surface area contributed by atoms with Crippen molar-refractivity contribution in [1.29, 1.82) is 0 Å². The molecule has 6 heavy (non-hydrogen) atoms. The Hall–Kier alpha value is 0.523. The molecule has 0 aromatic rings. The van der Waals surface area contributed by atoms with E-state index in [0.717, 1.165) is 6.92 Å². The maximum atomic E-state index is 9.00. The molecule has 0 saturated heterocycles. The fraction of sp³-hybridized carbons (Fsp3) is 0.500. The van der Waals surface area contributed by atoms with Gasteiger partial charge in [0.2, 0.25) is 0 Å². The van der Waals surface area contributed by atoms with Crippen molar-refractivity contribution < 1.29 is 29.4 Å². The summed E-state index contributed by atoms with van der Waals surface area (Å²) in [6.45, 7) is 1.08. The average Bonchev–Trinajstić information content (AvgIpc) is 0.811. The molecular formula is C2H7O2PRu. The van der Waals surface area contributed by atoms with E-state index >= 15 is 0 Å². The molecular weight excluding hydrogens is 188 g/mol. The van der Waals surface area contributed by atoms with Crippen LogP contribution in [0, 0.1) is 0 Å².